The fourth-order valence-corrected chi connectivity index (χ4v) is 0.673. The van der Waals surface area contributed by atoms with Crippen LogP contribution in [0.4, 0.5) is 0 Å². The third-order valence-corrected chi connectivity index (χ3v) is 1.51. The van der Waals surface area contributed by atoms with Crippen LogP contribution in [0.15, 0.2) is 0 Å². The van der Waals surface area contributed by atoms with E-state index in [-0.39, 0.29) is 0 Å². The van der Waals surface area contributed by atoms with Gasteiger partial charge in [0.1, 0.15) is 31.1 Å². The lowest BCUT2D eigenvalue weighted by Crippen LogP contribution is -2.51. The second-order valence-electron chi connectivity index (χ2n) is 2.54. The molecule has 0 amide bonds. The van der Waals surface area contributed by atoms with Crippen LogP contribution in [-0.2, 0) is 4.79 Å². The Morgan fingerprint density at radius 2 is 1.62 bits per heavy atom. The van der Waals surface area contributed by atoms with Gasteiger partial charge in [-0.1, -0.05) is 0 Å². The van der Waals surface area contributed by atoms with Crippen LogP contribution < -0.4 is 5.73 Å². The summed E-state index contributed by atoms with van der Waals surface area (Å²) in [6, 6.07) is 0. The van der Waals surface area contributed by atoms with Crippen LogP contribution in [0.5, 0.6) is 0 Å². The van der Waals surface area contributed by atoms with Crippen molar-refractivity contribution in [1.29, 1.82) is 0 Å². The molecule has 0 heterocycles. The van der Waals surface area contributed by atoms with Crippen LogP contribution >= 0.6 is 0 Å². The van der Waals surface area contributed by atoms with E-state index in [2.05, 4.69) is 0 Å². The number of rotatable bonds is 5. The fourth-order valence-electron chi connectivity index (χ4n) is 0.673. The van der Waals surface area contributed by atoms with E-state index >= 15 is 0 Å². The SMILES string of the molecule is NC(O)[C@@H](O)[C@H](O)[C@@H](O)C(=O)CO. The number of Topliss-reactive ketones (excluding diaryl/α,β-unsaturated/α-hetero) is 1. The molecule has 0 aromatic carbocycles. The van der Waals surface area contributed by atoms with E-state index in [1.807, 2.05) is 0 Å². The summed E-state index contributed by atoms with van der Waals surface area (Å²) in [4.78, 5) is 10.6. The summed E-state index contributed by atoms with van der Waals surface area (Å²) in [7, 11) is 0. The molecule has 78 valence electrons. The number of aliphatic hydroxyl groups excluding tert-OH is 5. The molecule has 0 fully saturated rings. The van der Waals surface area contributed by atoms with Crippen molar-refractivity contribution in [3.63, 3.8) is 0 Å². The highest BCUT2D eigenvalue weighted by atomic mass is 16.4. The normalized spacial score (nSPS) is 20.5. The summed E-state index contributed by atoms with van der Waals surface area (Å²) in [5, 5.41) is 43.7. The van der Waals surface area contributed by atoms with Gasteiger partial charge >= 0.3 is 0 Å². The first kappa shape index (κ1) is 12.4. The molecule has 0 aliphatic heterocycles. The van der Waals surface area contributed by atoms with Gasteiger partial charge in [-0.15, -0.1) is 0 Å². The van der Waals surface area contributed by atoms with Gasteiger partial charge in [0, 0.05) is 0 Å². The molecule has 7 heteroatoms. The second-order valence-corrected chi connectivity index (χ2v) is 2.54. The Morgan fingerprint density at radius 3 is 1.92 bits per heavy atom. The molecule has 0 rings (SSSR count). The van der Waals surface area contributed by atoms with Crippen molar-refractivity contribution in [2.45, 2.75) is 24.5 Å². The first-order chi connectivity index (χ1) is 5.91. The van der Waals surface area contributed by atoms with Gasteiger partial charge in [-0.2, -0.15) is 0 Å². The van der Waals surface area contributed by atoms with Crippen molar-refractivity contribution in [2.75, 3.05) is 6.61 Å². The van der Waals surface area contributed by atoms with E-state index < -0.39 is 36.9 Å². The summed E-state index contributed by atoms with van der Waals surface area (Å²) in [6.45, 7) is -0.967. The van der Waals surface area contributed by atoms with Crippen molar-refractivity contribution >= 4 is 5.78 Å². The number of aliphatic hydroxyl groups is 5. The molecule has 0 aliphatic rings. The molecule has 7 nitrogen and oxygen atoms in total. The molecule has 0 saturated carbocycles. The van der Waals surface area contributed by atoms with Crippen LogP contribution in [0.2, 0.25) is 0 Å². The smallest absolute Gasteiger partial charge is 0.189 e. The number of carbonyl (C=O) groups excluding carboxylic acids is 1. The molecule has 0 spiro atoms. The summed E-state index contributed by atoms with van der Waals surface area (Å²) in [5.74, 6) is -1.06. The highest BCUT2D eigenvalue weighted by molar-refractivity contribution is 5.84. The Kier molecular flexibility index (Phi) is 4.99. The lowest BCUT2D eigenvalue weighted by Gasteiger charge is -2.23. The first-order valence-electron chi connectivity index (χ1n) is 3.53. The Hall–Kier alpha value is -0.570. The van der Waals surface area contributed by atoms with E-state index in [1.54, 1.807) is 0 Å². The van der Waals surface area contributed by atoms with Crippen LogP contribution in [0.1, 0.15) is 0 Å². The minimum Gasteiger partial charge on any atom is -0.388 e. The lowest BCUT2D eigenvalue weighted by atomic mass is 10.0. The predicted octanol–water partition coefficient (Wildman–Crippen LogP) is -4.09. The first-order valence-corrected chi connectivity index (χ1v) is 3.53. The van der Waals surface area contributed by atoms with Gasteiger partial charge < -0.3 is 31.3 Å². The predicted molar refractivity (Wildman–Crippen MR) is 40.3 cm³/mol. The second kappa shape index (κ2) is 5.22. The van der Waals surface area contributed by atoms with E-state index in [0.29, 0.717) is 0 Å². The van der Waals surface area contributed by atoms with E-state index in [4.69, 9.17) is 31.3 Å². The minimum atomic E-state index is -1.96. The molecule has 1 unspecified atom stereocenters. The lowest BCUT2D eigenvalue weighted by molar-refractivity contribution is -0.146. The average molecular weight is 195 g/mol. The van der Waals surface area contributed by atoms with Crippen LogP contribution in [0.25, 0.3) is 0 Å². The molecular weight excluding hydrogens is 182 g/mol. The third kappa shape index (κ3) is 3.35. The van der Waals surface area contributed by atoms with E-state index in [9.17, 15) is 4.79 Å². The van der Waals surface area contributed by atoms with Gasteiger partial charge in [-0.25, -0.2) is 0 Å². The number of hydrogen-bond acceptors (Lipinski definition) is 7. The summed E-state index contributed by atoms with van der Waals surface area (Å²) >= 11 is 0. The molecule has 4 atom stereocenters. The average Bonchev–Trinajstić information content (AvgIpc) is 2.12. The van der Waals surface area contributed by atoms with E-state index in [1.165, 1.54) is 0 Å². The zero-order chi connectivity index (χ0) is 10.6. The fraction of sp³-hybridized carbons (Fsp3) is 0.833. The van der Waals surface area contributed by atoms with Crippen LogP contribution in [0, 0.1) is 0 Å². The summed E-state index contributed by atoms with van der Waals surface area (Å²) in [6.07, 6.45) is -7.49. The quantitative estimate of drug-likeness (QED) is 0.245. The number of ketones is 1. The van der Waals surface area contributed by atoms with Crippen LogP contribution in [0.3, 0.4) is 0 Å². The molecule has 13 heavy (non-hydrogen) atoms. The molecule has 0 aromatic heterocycles. The molecular formula is C6H13NO6. The van der Waals surface area contributed by atoms with Crippen molar-refractivity contribution in [3.8, 4) is 0 Å². The summed E-state index contributed by atoms with van der Waals surface area (Å²) in [5.41, 5.74) is 4.78. The van der Waals surface area contributed by atoms with Gasteiger partial charge in [-0.05, 0) is 0 Å². The topological polar surface area (TPSA) is 144 Å². The Morgan fingerprint density at radius 1 is 1.15 bits per heavy atom. The van der Waals surface area contributed by atoms with Gasteiger partial charge in [0.2, 0.25) is 0 Å². The molecule has 0 bridgehead atoms. The molecule has 7 N–H and O–H groups in total. The maximum atomic E-state index is 10.6. The van der Waals surface area contributed by atoms with Crippen molar-refractivity contribution in [2.24, 2.45) is 5.73 Å². The zero-order valence-corrected chi connectivity index (χ0v) is 6.74. The number of nitrogens with two attached hydrogens (primary N) is 1. The third-order valence-electron chi connectivity index (χ3n) is 1.51. The number of hydrogen-bond donors (Lipinski definition) is 6. The van der Waals surface area contributed by atoms with Crippen molar-refractivity contribution in [1.82, 2.24) is 0 Å². The number of carbonyl (C=O) groups is 1. The monoisotopic (exact) mass is 195 g/mol. The Bertz CT molecular complexity index is 173. The summed E-state index contributed by atoms with van der Waals surface area (Å²) < 4.78 is 0. The van der Waals surface area contributed by atoms with Gasteiger partial charge in [0.25, 0.3) is 0 Å². The van der Waals surface area contributed by atoms with Crippen molar-refractivity contribution in [3.05, 3.63) is 0 Å². The van der Waals surface area contributed by atoms with Gasteiger partial charge in [-0.3, -0.25) is 4.79 Å². The van der Waals surface area contributed by atoms with Crippen LogP contribution in [-0.4, -0.2) is 62.5 Å². The molecule has 0 aromatic rings. The maximum absolute atomic E-state index is 10.6. The highest BCUT2D eigenvalue weighted by Gasteiger charge is 2.32. The Balaban J connectivity index is 4.24. The zero-order valence-electron chi connectivity index (χ0n) is 6.74. The largest absolute Gasteiger partial charge is 0.388 e. The molecule has 0 radical (unpaired) electrons. The highest BCUT2D eigenvalue weighted by Crippen LogP contribution is 2.03. The maximum Gasteiger partial charge on any atom is 0.189 e. The van der Waals surface area contributed by atoms with Crippen molar-refractivity contribution < 1.29 is 30.3 Å². The van der Waals surface area contributed by atoms with E-state index in [0.717, 1.165) is 0 Å². The molecule has 0 aliphatic carbocycles. The molecule has 0 saturated heterocycles. The minimum absolute atomic E-state index is 0.967. The Labute approximate surface area is 74.0 Å². The standard InChI is InChI=1S/C6H13NO6/c7-6(13)5(12)4(11)3(10)2(9)1-8/h3-6,8,10-13H,1,7H2/t3-,4+,5-,6?/m0/s1. The van der Waals surface area contributed by atoms with Gasteiger partial charge in [0.05, 0.1) is 0 Å². The van der Waals surface area contributed by atoms with Gasteiger partial charge in [0.15, 0.2) is 5.78 Å².